The zero-order valence-corrected chi connectivity index (χ0v) is 17.3. The fourth-order valence-corrected chi connectivity index (χ4v) is 3.61. The lowest BCUT2D eigenvalue weighted by Crippen LogP contribution is -2.23. The van der Waals surface area contributed by atoms with Gasteiger partial charge in [-0.2, -0.15) is 0 Å². The molecule has 0 bridgehead atoms. The average molecular weight is 418 g/mol. The quantitative estimate of drug-likeness (QED) is 0.566. The lowest BCUT2D eigenvalue weighted by molar-refractivity contribution is -0.115. The summed E-state index contributed by atoms with van der Waals surface area (Å²) in [5.41, 5.74) is 1.44. The number of carbonyl (C=O) groups is 1. The van der Waals surface area contributed by atoms with Crippen LogP contribution in [-0.2, 0) is 4.79 Å². The number of hydrogen-bond acceptors (Lipinski definition) is 5. The van der Waals surface area contributed by atoms with Crippen molar-refractivity contribution in [3.63, 3.8) is 0 Å². The first-order chi connectivity index (χ1) is 13.5. The summed E-state index contributed by atoms with van der Waals surface area (Å²) in [6, 6.07) is 12.7. The van der Waals surface area contributed by atoms with Crippen LogP contribution < -0.4 is 14.8 Å². The lowest BCUT2D eigenvalue weighted by atomic mass is 10.3. The predicted molar refractivity (Wildman–Crippen MR) is 112 cm³/mol. The summed E-state index contributed by atoms with van der Waals surface area (Å²) in [4.78, 5) is 17.1. The van der Waals surface area contributed by atoms with Gasteiger partial charge < -0.3 is 14.8 Å². The first-order valence-electron chi connectivity index (χ1n) is 8.50. The summed E-state index contributed by atoms with van der Waals surface area (Å²) in [5.74, 6) is 1.12. The number of hydrogen-bond donors (Lipinski definition) is 1. The topological polar surface area (TPSA) is 65.4 Å². The van der Waals surface area contributed by atoms with Gasteiger partial charge in [0.1, 0.15) is 11.5 Å². The number of nitrogens with zero attached hydrogens (tertiary/aromatic N) is 2. The van der Waals surface area contributed by atoms with E-state index in [-0.39, 0.29) is 5.91 Å². The van der Waals surface area contributed by atoms with Crippen LogP contribution in [0.15, 0.2) is 60.0 Å². The highest BCUT2D eigenvalue weighted by atomic mass is 35.5. The fraction of sp³-hybridized carbons (Fsp3) is 0.200. The monoisotopic (exact) mass is 417 g/mol. The molecular formula is C20H20ClN3O3S. The van der Waals surface area contributed by atoms with Crippen LogP contribution in [0, 0.1) is 0 Å². The van der Waals surface area contributed by atoms with Gasteiger partial charge in [0.05, 0.1) is 30.8 Å². The van der Waals surface area contributed by atoms with E-state index in [9.17, 15) is 4.79 Å². The van der Waals surface area contributed by atoms with Crippen LogP contribution in [0.5, 0.6) is 11.5 Å². The van der Waals surface area contributed by atoms with Crippen LogP contribution in [0.25, 0.3) is 5.69 Å². The standard InChI is InChI=1S/C20H20ClN3O3S/c1-13(19(25)23-17-11-14(21)7-8-18(17)27-3)28-20-22-9-10-24(20)15-5-4-6-16(12-15)26-2/h4-13H,1-3H3,(H,23,25). The predicted octanol–water partition coefficient (Wildman–Crippen LogP) is 4.66. The number of amides is 1. The molecule has 1 amide bonds. The van der Waals surface area contributed by atoms with Gasteiger partial charge in [-0.25, -0.2) is 4.98 Å². The van der Waals surface area contributed by atoms with E-state index >= 15 is 0 Å². The number of nitrogens with one attached hydrogen (secondary N) is 1. The maximum Gasteiger partial charge on any atom is 0.237 e. The van der Waals surface area contributed by atoms with E-state index in [0.717, 1.165) is 11.4 Å². The van der Waals surface area contributed by atoms with Gasteiger partial charge in [-0.05, 0) is 37.3 Å². The Morgan fingerprint density at radius 1 is 1.21 bits per heavy atom. The van der Waals surface area contributed by atoms with Crippen molar-refractivity contribution in [2.75, 3.05) is 19.5 Å². The number of thioether (sulfide) groups is 1. The molecule has 0 saturated carbocycles. The third kappa shape index (κ3) is 4.61. The number of rotatable bonds is 7. The lowest BCUT2D eigenvalue weighted by Gasteiger charge is -2.15. The van der Waals surface area contributed by atoms with Crippen LogP contribution in [0.4, 0.5) is 5.69 Å². The van der Waals surface area contributed by atoms with Crippen molar-refractivity contribution < 1.29 is 14.3 Å². The summed E-state index contributed by atoms with van der Waals surface area (Å²) in [7, 11) is 3.17. The van der Waals surface area contributed by atoms with Crippen LogP contribution >= 0.6 is 23.4 Å². The SMILES string of the molecule is COc1cccc(-n2ccnc2SC(C)C(=O)Nc2cc(Cl)ccc2OC)c1. The van der Waals surface area contributed by atoms with E-state index in [1.54, 1.807) is 38.6 Å². The van der Waals surface area contributed by atoms with Crippen molar-refractivity contribution in [3.05, 3.63) is 59.9 Å². The Balaban J connectivity index is 1.75. The molecule has 0 radical (unpaired) electrons. The van der Waals surface area contributed by atoms with E-state index in [1.807, 2.05) is 42.0 Å². The number of methoxy groups -OCH3 is 2. The Kier molecular flexibility index (Phi) is 6.49. The number of carbonyl (C=O) groups excluding carboxylic acids is 1. The highest BCUT2D eigenvalue weighted by Crippen LogP contribution is 2.30. The van der Waals surface area contributed by atoms with Gasteiger partial charge in [-0.1, -0.05) is 29.4 Å². The molecular weight excluding hydrogens is 398 g/mol. The maximum absolute atomic E-state index is 12.7. The van der Waals surface area contributed by atoms with Gasteiger partial charge in [0, 0.05) is 23.5 Å². The molecule has 1 atom stereocenters. The minimum absolute atomic E-state index is 0.175. The summed E-state index contributed by atoms with van der Waals surface area (Å²) < 4.78 is 12.5. The van der Waals surface area contributed by atoms with Crippen molar-refractivity contribution in [1.29, 1.82) is 0 Å². The normalized spacial score (nSPS) is 11.7. The molecule has 3 aromatic rings. The summed E-state index contributed by atoms with van der Waals surface area (Å²) in [6.07, 6.45) is 3.55. The second-order valence-electron chi connectivity index (χ2n) is 5.88. The zero-order valence-electron chi connectivity index (χ0n) is 15.7. The molecule has 1 N–H and O–H groups in total. The number of imidazole rings is 1. The Bertz CT molecular complexity index is 977. The second kappa shape index (κ2) is 9.03. The molecule has 8 heteroatoms. The molecule has 28 heavy (non-hydrogen) atoms. The molecule has 6 nitrogen and oxygen atoms in total. The summed E-state index contributed by atoms with van der Waals surface area (Å²) in [6.45, 7) is 1.82. The highest BCUT2D eigenvalue weighted by Gasteiger charge is 2.19. The average Bonchev–Trinajstić information content (AvgIpc) is 3.16. The Morgan fingerprint density at radius 2 is 2.04 bits per heavy atom. The van der Waals surface area contributed by atoms with E-state index in [2.05, 4.69) is 10.3 Å². The van der Waals surface area contributed by atoms with E-state index in [4.69, 9.17) is 21.1 Å². The largest absolute Gasteiger partial charge is 0.497 e. The molecule has 2 aromatic carbocycles. The van der Waals surface area contributed by atoms with Crippen molar-refractivity contribution >= 4 is 35.0 Å². The number of anilines is 1. The van der Waals surface area contributed by atoms with Crippen molar-refractivity contribution in [1.82, 2.24) is 9.55 Å². The van der Waals surface area contributed by atoms with E-state index in [1.165, 1.54) is 11.8 Å². The Hall–Kier alpha value is -2.64. The number of aromatic nitrogens is 2. The Labute approximate surface area is 172 Å². The number of ether oxygens (including phenoxy) is 2. The van der Waals surface area contributed by atoms with Crippen LogP contribution in [-0.4, -0.2) is 34.9 Å². The van der Waals surface area contributed by atoms with Gasteiger partial charge >= 0.3 is 0 Å². The molecule has 0 aliphatic rings. The maximum atomic E-state index is 12.7. The smallest absolute Gasteiger partial charge is 0.237 e. The molecule has 146 valence electrons. The number of halogens is 1. The summed E-state index contributed by atoms with van der Waals surface area (Å²) in [5, 5.41) is 3.69. The molecule has 0 saturated heterocycles. The molecule has 1 aromatic heterocycles. The molecule has 0 spiro atoms. The van der Waals surface area contributed by atoms with Gasteiger partial charge in [-0.3, -0.25) is 9.36 Å². The molecule has 3 rings (SSSR count). The van der Waals surface area contributed by atoms with E-state index < -0.39 is 5.25 Å². The van der Waals surface area contributed by atoms with Crippen LogP contribution in [0.2, 0.25) is 5.02 Å². The third-order valence-electron chi connectivity index (χ3n) is 4.01. The molecule has 0 aliphatic carbocycles. The van der Waals surface area contributed by atoms with Gasteiger partial charge in [0.25, 0.3) is 0 Å². The molecule has 1 heterocycles. The zero-order chi connectivity index (χ0) is 20.1. The Morgan fingerprint density at radius 3 is 2.79 bits per heavy atom. The fourth-order valence-electron chi connectivity index (χ4n) is 2.56. The molecule has 0 fully saturated rings. The van der Waals surface area contributed by atoms with E-state index in [0.29, 0.717) is 21.6 Å². The first kappa shape index (κ1) is 20.1. The second-order valence-corrected chi connectivity index (χ2v) is 7.62. The first-order valence-corrected chi connectivity index (χ1v) is 9.76. The summed E-state index contributed by atoms with van der Waals surface area (Å²) >= 11 is 7.38. The molecule has 0 aliphatic heterocycles. The minimum Gasteiger partial charge on any atom is -0.497 e. The highest BCUT2D eigenvalue weighted by molar-refractivity contribution is 8.00. The minimum atomic E-state index is -0.393. The number of benzene rings is 2. The van der Waals surface area contributed by atoms with Crippen molar-refractivity contribution in [2.45, 2.75) is 17.3 Å². The van der Waals surface area contributed by atoms with Crippen LogP contribution in [0.1, 0.15) is 6.92 Å². The van der Waals surface area contributed by atoms with Crippen LogP contribution in [0.3, 0.4) is 0 Å². The molecule has 1 unspecified atom stereocenters. The van der Waals surface area contributed by atoms with Gasteiger partial charge in [0.2, 0.25) is 5.91 Å². The van der Waals surface area contributed by atoms with Crippen molar-refractivity contribution in [2.24, 2.45) is 0 Å². The van der Waals surface area contributed by atoms with Gasteiger partial charge in [-0.15, -0.1) is 0 Å². The van der Waals surface area contributed by atoms with Gasteiger partial charge in [0.15, 0.2) is 5.16 Å². The van der Waals surface area contributed by atoms with Crippen molar-refractivity contribution in [3.8, 4) is 17.2 Å². The third-order valence-corrected chi connectivity index (χ3v) is 5.32.